The molecule has 0 heterocycles. The average molecular weight is 350 g/mol. The summed E-state index contributed by atoms with van der Waals surface area (Å²) in [6.07, 6.45) is 1.95. The Morgan fingerprint density at radius 2 is 1.48 bits per heavy atom. The highest BCUT2D eigenvalue weighted by Crippen LogP contribution is 2.46. The molecule has 0 saturated carbocycles. The number of hydrogen-bond acceptors (Lipinski definition) is 1. The Kier molecular flexibility index (Phi) is 3.82. The van der Waals surface area contributed by atoms with Crippen LogP contribution in [0.25, 0.3) is 21.5 Å². The molecule has 0 saturated heterocycles. The predicted molar refractivity (Wildman–Crippen MR) is 112 cm³/mol. The fourth-order valence-electron chi connectivity index (χ4n) is 4.90. The van der Waals surface area contributed by atoms with Crippen LogP contribution in [0.15, 0.2) is 78.9 Å². The van der Waals surface area contributed by atoms with E-state index in [-0.39, 0.29) is 11.7 Å². The molecule has 0 N–H and O–H groups in total. The molecule has 0 amide bonds. The summed E-state index contributed by atoms with van der Waals surface area (Å²) < 4.78 is 0. The Morgan fingerprint density at radius 1 is 0.741 bits per heavy atom. The molecule has 0 aliphatic heterocycles. The minimum atomic E-state index is 0.0239. The summed E-state index contributed by atoms with van der Waals surface area (Å²) in [6, 6.07) is 28.2. The molecule has 27 heavy (non-hydrogen) atoms. The van der Waals surface area contributed by atoms with Crippen molar-refractivity contribution in [2.45, 2.75) is 31.6 Å². The molecule has 1 nitrogen and oxygen atoms in total. The second kappa shape index (κ2) is 6.35. The lowest BCUT2D eigenvalue weighted by molar-refractivity contribution is -0.118. The van der Waals surface area contributed by atoms with E-state index in [2.05, 4.69) is 78.9 Å². The van der Waals surface area contributed by atoms with E-state index >= 15 is 0 Å². The van der Waals surface area contributed by atoms with E-state index in [9.17, 15) is 4.79 Å². The highest BCUT2D eigenvalue weighted by molar-refractivity contribution is 6.09. The number of fused-ring (bicyclic) bond motifs is 5. The maximum atomic E-state index is 12.4. The van der Waals surface area contributed by atoms with E-state index in [1.165, 1.54) is 38.2 Å². The number of hydrogen-bond donors (Lipinski definition) is 0. The SMILES string of the molecule is CC(=O)C1CCC(c2ccccc2)c2c1ccc1c2ccc2ccccc21. The highest BCUT2D eigenvalue weighted by Gasteiger charge is 2.32. The Labute approximate surface area is 159 Å². The Morgan fingerprint density at radius 3 is 2.30 bits per heavy atom. The third kappa shape index (κ3) is 2.57. The monoisotopic (exact) mass is 350 g/mol. The maximum Gasteiger partial charge on any atom is 0.137 e. The standard InChI is InChI=1S/C26H22O/c1-17(27)20-13-14-22(18-7-3-2-4-8-18)26-24(20)16-15-23-21-10-6-5-9-19(21)11-12-25(23)26/h2-12,15-16,20,22H,13-14H2,1H3. The third-order valence-corrected chi connectivity index (χ3v) is 6.16. The van der Waals surface area contributed by atoms with Crippen LogP contribution in [0.3, 0.4) is 0 Å². The number of benzene rings is 4. The lowest BCUT2D eigenvalue weighted by atomic mass is 9.71. The number of ketones is 1. The fourth-order valence-corrected chi connectivity index (χ4v) is 4.90. The summed E-state index contributed by atoms with van der Waals surface area (Å²) in [5, 5.41) is 5.14. The van der Waals surface area contributed by atoms with Gasteiger partial charge in [-0.2, -0.15) is 0 Å². The lowest BCUT2D eigenvalue weighted by Gasteiger charge is -2.32. The van der Waals surface area contributed by atoms with Crippen molar-refractivity contribution < 1.29 is 4.79 Å². The van der Waals surface area contributed by atoms with Crippen LogP contribution >= 0.6 is 0 Å². The summed E-state index contributed by atoms with van der Waals surface area (Å²) in [4.78, 5) is 12.4. The number of carbonyl (C=O) groups excluding carboxylic acids is 1. The molecule has 2 unspecified atom stereocenters. The molecule has 4 aromatic rings. The summed E-state index contributed by atoms with van der Waals surface area (Å²) in [6.45, 7) is 1.74. The highest BCUT2D eigenvalue weighted by atomic mass is 16.1. The van der Waals surface area contributed by atoms with Gasteiger partial charge in [-0.1, -0.05) is 78.9 Å². The van der Waals surface area contributed by atoms with Gasteiger partial charge in [0.2, 0.25) is 0 Å². The molecular weight excluding hydrogens is 328 g/mol. The molecule has 0 spiro atoms. The molecule has 2 atom stereocenters. The van der Waals surface area contributed by atoms with E-state index in [4.69, 9.17) is 0 Å². The van der Waals surface area contributed by atoms with Crippen molar-refractivity contribution in [2.24, 2.45) is 0 Å². The molecule has 0 fully saturated rings. The fraction of sp³-hybridized carbons (Fsp3) is 0.192. The van der Waals surface area contributed by atoms with Crippen molar-refractivity contribution in [3.05, 3.63) is 95.6 Å². The second-order valence-electron chi connectivity index (χ2n) is 7.65. The first kappa shape index (κ1) is 16.3. The summed E-state index contributed by atoms with van der Waals surface area (Å²) in [5.41, 5.74) is 3.93. The molecule has 1 heteroatoms. The van der Waals surface area contributed by atoms with Crippen molar-refractivity contribution in [1.82, 2.24) is 0 Å². The van der Waals surface area contributed by atoms with Crippen LogP contribution in [0.5, 0.6) is 0 Å². The minimum absolute atomic E-state index is 0.0239. The first-order valence-electron chi connectivity index (χ1n) is 9.73. The predicted octanol–water partition coefficient (Wildman–Crippen LogP) is 6.59. The van der Waals surface area contributed by atoms with Crippen LogP contribution in [0.1, 0.15) is 48.3 Å². The molecule has 5 rings (SSSR count). The molecule has 0 bridgehead atoms. The normalized spacial score (nSPS) is 19.1. The Balaban J connectivity index is 1.85. The minimum Gasteiger partial charge on any atom is -0.299 e. The topological polar surface area (TPSA) is 17.1 Å². The first-order chi connectivity index (χ1) is 13.2. The Hall–Kier alpha value is -2.93. The lowest BCUT2D eigenvalue weighted by Crippen LogP contribution is -2.20. The maximum absolute atomic E-state index is 12.4. The van der Waals surface area contributed by atoms with Crippen molar-refractivity contribution in [3.8, 4) is 0 Å². The smallest absolute Gasteiger partial charge is 0.137 e. The zero-order valence-corrected chi connectivity index (χ0v) is 15.5. The Bertz CT molecular complexity index is 1160. The van der Waals surface area contributed by atoms with E-state index in [0.29, 0.717) is 5.92 Å². The van der Waals surface area contributed by atoms with Crippen LogP contribution in [0, 0.1) is 0 Å². The average Bonchev–Trinajstić information content (AvgIpc) is 2.72. The summed E-state index contributed by atoms with van der Waals surface area (Å²) in [7, 11) is 0. The quantitative estimate of drug-likeness (QED) is 0.373. The zero-order valence-electron chi connectivity index (χ0n) is 15.5. The molecule has 0 radical (unpaired) electrons. The van der Waals surface area contributed by atoms with Gasteiger partial charge in [0.15, 0.2) is 0 Å². The third-order valence-electron chi connectivity index (χ3n) is 6.16. The molecule has 4 aromatic carbocycles. The van der Waals surface area contributed by atoms with Gasteiger partial charge >= 0.3 is 0 Å². The van der Waals surface area contributed by atoms with Gasteiger partial charge < -0.3 is 0 Å². The van der Waals surface area contributed by atoms with Gasteiger partial charge in [0.25, 0.3) is 0 Å². The summed E-state index contributed by atoms with van der Waals surface area (Å²) >= 11 is 0. The van der Waals surface area contributed by atoms with Gasteiger partial charge in [0.05, 0.1) is 0 Å². The molecule has 1 aliphatic carbocycles. The number of rotatable bonds is 2. The molecule has 1 aliphatic rings. The summed E-state index contributed by atoms with van der Waals surface area (Å²) in [5.74, 6) is 0.653. The van der Waals surface area contributed by atoms with Gasteiger partial charge in [0.1, 0.15) is 5.78 Å². The van der Waals surface area contributed by atoms with Crippen molar-refractivity contribution >= 4 is 27.3 Å². The van der Waals surface area contributed by atoms with E-state index in [0.717, 1.165) is 12.8 Å². The van der Waals surface area contributed by atoms with E-state index in [1.807, 2.05) is 0 Å². The van der Waals surface area contributed by atoms with E-state index < -0.39 is 0 Å². The van der Waals surface area contributed by atoms with Gasteiger partial charge in [-0.3, -0.25) is 4.79 Å². The first-order valence-corrected chi connectivity index (χ1v) is 9.73. The number of carbonyl (C=O) groups is 1. The van der Waals surface area contributed by atoms with Gasteiger partial charge in [-0.15, -0.1) is 0 Å². The van der Waals surface area contributed by atoms with Gasteiger partial charge in [0, 0.05) is 11.8 Å². The van der Waals surface area contributed by atoms with Crippen LogP contribution < -0.4 is 0 Å². The van der Waals surface area contributed by atoms with Crippen LogP contribution in [-0.4, -0.2) is 5.78 Å². The molecule has 0 aromatic heterocycles. The van der Waals surface area contributed by atoms with Crippen molar-refractivity contribution in [3.63, 3.8) is 0 Å². The second-order valence-corrected chi connectivity index (χ2v) is 7.65. The van der Waals surface area contributed by atoms with Crippen LogP contribution in [0.4, 0.5) is 0 Å². The molecule has 132 valence electrons. The van der Waals surface area contributed by atoms with E-state index in [1.54, 1.807) is 6.92 Å². The molecular formula is C26H22O. The van der Waals surface area contributed by atoms with Crippen LogP contribution in [-0.2, 0) is 4.79 Å². The van der Waals surface area contributed by atoms with Crippen molar-refractivity contribution in [1.29, 1.82) is 0 Å². The largest absolute Gasteiger partial charge is 0.299 e. The van der Waals surface area contributed by atoms with Gasteiger partial charge in [-0.25, -0.2) is 0 Å². The number of Topliss-reactive ketones (excluding diaryl/α,β-unsaturated/α-hetero) is 1. The van der Waals surface area contributed by atoms with Gasteiger partial charge in [-0.05, 0) is 58.0 Å². The van der Waals surface area contributed by atoms with Crippen LogP contribution in [0.2, 0.25) is 0 Å². The zero-order chi connectivity index (χ0) is 18.4. The van der Waals surface area contributed by atoms with Crippen molar-refractivity contribution in [2.75, 3.05) is 0 Å².